The van der Waals surface area contributed by atoms with E-state index in [1.165, 1.54) is 17.4 Å². The predicted molar refractivity (Wildman–Crippen MR) is 182 cm³/mol. The van der Waals surface area contributed by atoms with E-state index in [9.17, 15) is 28.8 Å². The number of carbonyl (C=O) groups is 6. The molecule has 266 valence electrons. The zero-order valence-corrected chi connectivity index (χ0v) is 30.2. The number of hydrogen-bond acceptors (Lipinski definition) is 7. The van der Waals surface area contributed by atoms with Gasteiger partial charge >= 0.3 is 12.0 Å². The van der Waals surface area contributed by atoms with E-state index >= 15 is 0 Å². The van der Waals surface area contributed by atoms with Gasteiger partial charge in [-0.15, -0.1) is 6.58 Å². The summed E-state index contributed by atoms with van der Waals surface area (Å²) >= 11 is 0. The summed E-state index contributed by atoms with van der Waals surface area (Å²) in [7, 11) is 0. The van der Waals surface area contributed by atoms with E-state index in [1.807, 2.05) is 34.6 Å². The Balaban J connectivity index is 0. The van der Waals surface area contributed by atoms with E-state index in [4.69, 9.17) is 4.74 Å². The predicted octanol–water partition coefficient (Wildman–Crippen LogP) is 4.27. The molecule has 46 heavy (non-hydrogen) atoms. The van der Waals surface area contributed by atoms with Gasteiger partial charge in [-0.1, -0.05) is 88.2 Å². The second-order valence-electron chi connectivity index (χ2n) is 11.9. The number of ketones is 1. The monoisotopic (exact) mass is 653 g/mol. The molecule has 0 radical (unpaired) electrons. The first-order valence-electron chi connectivity index (χ1n) is 17.0. The molecule has 2 aliphatic rings. The number of hydrogen-bond donors (Lipinski definition) is 4. The molecule has 2 rings (SSSR count). The van der Waals surface area contributed by atoms with E-state index in [1.54, 1.807) is 20.8 Å². The van der Waals surface area contributed by atoms with Crippen molar-refractivity contribution in [3.8, 4) is 0 Å². The number of ether oxygens (including phenoxy) is 1. The van der Waals surface area contributed by atoms with Crippen LogP contribution in [0.3, 0.4) is 0 Å². The summed E-state index contributed by atoms with van der Waals surface area (Å²) < 4.78 is 5.10. The summed E-state index contributed by atoms with van der Waals surface area (Å²) in [5, 5.41) is 10.2. The average molecular weight is 654 g/mol. The molecule has 1 saturated heterocycles. The average Bonchev–Trinajstić information content (AvgIpc) is 3.73. The van der Waals surface area contributed by atoms with Crippen molar-refractivity contribution in [2.24, 2.45) is 11.3 Å². The number of likely N-dealkylation sites (tertiary alicyclic amines) is 1. The maximum Gasteiger partial charge on any atom is 0.325 e. The Morgan fingerprint density at radius 2 is 1.52 bits per heavy atom. The maximum atomic E-state index is 13.6. The SMILES string of the molecule is C=CCNC(=O)C(=O)C(CCC)NC(=O)[C@@H]1CCCN1C(=O)C(NC(=O)NCC(=O)OCC1CC1)C(C)(C)C.CC.CC.CCC. The number of esters is 1. The lowest BCUT2D eigenvalue weighted by Crippen LogP contribution is -2.60. The summed E-state index contributed by atoms with van der Waals surface area (Å²) in [5.74, 6) is -2.70. The van der Waals surface area contributed by atoms with Crippen LogP contribution in [-0.2, 0) is 28.7 Å². The number of carbonyl (C=O) groups excluding carboxylic acids is 6. The highest BCUT2D eigenvalue weighted by molar-refractivity contribution is 6.38. The molecular weight excluding hydrogens is 590 g/mol. The Kier molecular flexibility index (Phi) is 24.0. The van der Waals surface area contributed by atoms with Crippen molar-refractivity contribution in [3.63, 3.8) is 0 Å². The number of rotatable bonds is 14. The van der Waals surface area contributed by atoms with Crippen molar-refractivity contribution in [3.05, 3.63) is 12.7 Å². The number of urea groups is 1. The molecule has 2 fully saturated rings. The standard InChI is InChI=1S/C27H43N5O7.C3H8.2C2H6/c1-6-9-18(21(34)24(36)28-13-7-2)30-23(35)19-10-8-14-32(19)25(37)22(27(3,4)5)31-26(38)29-15-20(33)39-16-17-11-12-17;1-3-2;2*1-2/h7,17-19,22H,2,6,8-16H2,1,3-5H3,(H,28,36)(H,30,35)(H2,29,31,38);3H2,1-2H3;2*1-2H3/t18?,19-,22?;;;/m0.../s1. The fourth-order valence-corrected chi connectivity index (χ4v) is 4.23. The Morgan fingerprint density at radius 1 is 0.935 bits per heavy atom. The molecule has 0 aromatic carbocycles. The first kappa shape index (κ1) is 44.7. The molecule has 1 aliphatic heterocycles. The maximum absolute atomic E-state index is 13.6. The fraction of sp³-hybridized carbons (Fsp3) is 0.765. The van der Waals surface area contributed by atoms with Crippen LogP contribution in [0.1, 0.15) is 114 Å². The summed E-state index contributed by atoms with van der Waals surface area (Å²) in [6.07, 6.45) is 6.52. The molecule has 2 unspecified atom stereocenters. The first-order valence-corrected chi connectivity index (χ1v) is 17.0. The second kappa shape index (κ2) is 24.7. The molecule has 1 aliphatic carbocycles. The minimum atomic E-state index is -1.02. The van der Waals surface area contributed by atoms with E-state index in [0.29, 0.717) is 38.3 Å². The van der Waals surface area contributed by atoms with E-state index in [2.05, 4.69) is 41.7 Å². The van der Waals surface area contributed by atoms with Gasteiger partial charge in [-0.3, -0.25) is 24.0 Å². The molecule has 0 aromatic rings. The van der Waals surface area contributed by atoms with Crippen molar-refractivity contribution in [1.82, 2.24) is 26.2 Å². The van der Waals surface area contributed by atoms with Crippen LogP contribution in [0.15, 0.2) is 12.7 Å². The topological polar surface area (TPSA) is 163 Å². The quantitative estimate of drug-likeness (QED) is 0.124. The van der Waals surface area contributed by atoms with Crippen LogP contribution in [0.2, 0.25) is 0 Å². The first-order chi connectivity index (χ1) is 21.8. The smallest absolute Gasteiger partial charge is 0.325 e. The van der Waals surface area contributed by atoms with Crippen molar-refractivity contribution in [2.75, 3.05) is 26.2 Å². The van der Waals surface area contributed by atoms with Crippen LogP contribution in [-0.4, -0.2) is 84.8 Å². The molecule has 1 heterocycles. The van der Waals surface area contributed by atoms with Gasteiger partial charge in [0.2, 0.25) is 17.6 Å². The molecule has 1 saturated carbocycles. The van der Waals surface area contributed by atoms with Gasteiger partial charge in [0.25, 0.3) is 5.91 Å². The van der Waals surface area contributed by atoms with Gasteiger partial charge in [0.05, 0.1) is 12.6 Å². The molecule has 4 N–H and O–H groups in total. The van der Waals surface area contributed by atoms with Crippen LogP contribution < -0.4 is 21.3 Å². The molecule has 12 nitrogen and oxygen atoms in total. The van der Waals surface area contributed by atoms with Gasteiger partial charge in [0.15, 0.2) is 0 Å². The van der Waals surface area contributed by atoms with Gasteiger partial charge in [-0.25, -0.2) is 4.79 Å². The van der Waals surface area contributed by atoms with Crippen molar-refractivity contribution < 1.29 is 33.5 Å². The molecule has 0 aromatic heterocycles. The zero-order valence-electron chi connectivity index (χ0n) is 30.2. The minimum absolute atomic E-state index is 0.124. The fourth-order valence-electron chi connectivity index (χ4n) is 4.23. The third kappa shape index (κ3) is 17.3. The van der Waals surface area contributed by atoms with E-state index in [-0.39, 0.29) is 19.5 Å². The highest BCUT2D eigenvalue weighted by Crippen LogP contribution is 2.29. The van der Waals surface area contributed by atoms with E-state index in [0.717, 1.165) is 12.8 Å². The number of amides is 5. The summed E-state index contributed by atoms with van der Waals surface area (Å²) in [4.78, 5) is 77.4. The number of nitrogens with zero attached hydrogens (tertiary/aromatic N) is 1. The van der Waals surface area contributed by atoms with Gasteiger partial charge in [0, 0.05) is 13.1 Å². The van der Waals surface area contributed by atoms with Crippen LogP contribution in [0, 0.1) is 11.3 Å². The van der Waals surface area contributed by atoms with Gasteiger partial charge in [-0.05, 0) is 43.4 Å². The molecule has 0 bridgehead atoms. The van der Waals surface area contributed by atoms with Gasteiger partial charge < -0.3 is 30.9 Å². The number of Topliss-reactive ketones (excluding diaryl/α,β-unsaturated/α-hetero) is 1. The van der Waals surface area contributed by atoms with Crippen LogP contribution in [0.4, 0.5) is 4.79 Å². The molecule has 0 spiro atoms. The van der Waals surface area contributed by atoms with E-state index < -0.39 is 59.0 Å². The normalized spacial score (nSPS) is 16.2. The van der Waals surface area contributed by atoms with Crippen molar-refractivity contribution >= 4 is 35.5 Å². The minimum Gasteiger partial charge on any atom is -0.464 e. The molecule has 12 heteroatoms. The Labute approximate surface area is 277 Å². The van der Waals surface area contributed by atoms with Crippen LogP contribution >= 0.6 is 0 Å². The lowest BCUT2D eigenvalue weighted by Gasteiger charge is -2.35. The summed E-state index contributed by atoms with van der Waals surface area (Å²) in [5.41, 5.74) is -0.714. The summed E-state index contributed by atoms with van der Waals surface area (Å²) in [6, 6.07) is -3.57. The largest absolute Gasteiger partial charge is 0.464 e. The lowest BCUT2D eigenvalue weighted by molar-refractivity contribution is -0.143. The molecule has 3 atom stereocenters. The van der Waals surface area contributed by atoms with Crippen molar-refractivity contribution in [1.29, 1.82) is 0 Å². The summed E-state index contributed by atoms with van der Waals surface area (Å²) in [6.45, 7) is 23.4. The van der Waals surface area contributed by atoms with Gasteiger partial charge in [0.1, 0.15) is 18.6 Å². The Morgan fingerprint density at radius 3 is 2.02 bits per heavy atom. The van der Waals surface area contributed by atoms with Crippen LogP contribution in [0.5, 0.6) is 0 Å². The second-order valence-corrected chi connectivity index (χ2v) is 11.9. The highest BCUT2D eigenvalue weighted by Gasteiger charge is 2.42. The highest BCUT2D eigenvalue weighted by atomic mass is 16.5. The molecule has 5 amide bonds. The Bertz CT molecular complexity index is 960. The zero-order chi connectivity index (χ0) is 35.9. The Hall–Kier alpha value is -3.44. The lowest BCUT2D eigenvalue weighted by atomic mass is 9.85. The van der Waals surface area contributed by atoms with Crippen molar-refractivity contribution in [2.45, 2.75) is 132 Å². The molecular formula is C34H63N5O7. The van der Waals surface area contributed by atoms with Gasteiger partial charge in [-0.2, -0.15) is 0 Å². The van der Waals surface area contributed by atoms with Crippen LogP contribution in [0.25, 0.3) is 0 Å². The third-order valence-corrected chi connectivity index (χ3v) is 6.64. The number of nitrogens with one attached hydrogen (secondary N) is 4. The third-order valence-electron chi connectivity index (χ3n) is 6.64.